The molecule has 5 rings (SSSR count). The molecule has 0 atom stereocenters. The first-order valence-electron chi connectivity index (χ1n) is 12.6. The molecule has 6 heteroatoms. The maximum Gasteiger partial charge on any atom is 0.344 e. The molecule has 0 N–H and O–H groups in total. The third-order valence-corrected chi connectivity index (χ3v) is 8.51. The first kappa shape index (κ1) is 26.4. The van der Waals surface area contributed by atoms with Crippen LogP contribution in [0.15, 0.2) is 106 Å². The maximum atomic E-state index is 12.6. The second kappa shape index (κ2) is 11.7. The van der Waals surface area contributed by atoms with Gasteiger partial charge in [-0.1, -0.05) is 67.8 Å². The van der Waals surface area contributed by atoms with Crippen molar-refractivity contribution in [2.75, 3.05) is 0 Å². The highest BCUT2D eigenvalue weighted by atomic mass is 79.9. The van der Waals surface area contributed by atoms with E-state index in [0.717, 1.165) is 25.7 Å². The molecule has 0 saturated heterocycles. The van der Waals surface area contributed by atoms with E-state index in [1.54, 1.807) is 12.1 Å². The Bertz CT molecular complexity index is 1330. The Kier molecular flexibility index (Phi) is 8.10. The van der Waals surface area contributed by atoms with Crippen molar-refractivity contribution < 1.29 is 19.1 Å². The van der Waals surface area contributed by atoms with Crippen LogP contribution in [0.25, 0.3) is 0 Å². The van der Waals surface area contributed by atoms with E-state index < -0.39 is 11.9 Å². The Hall–Kier alpha value is -3.22. The molecular weight excluding hydrogens is 608 g/mol. The Morgan fingerprint density at radius 3 is 1.34 bits per heavy atom. The normalized spacial score (nSPS) is 14.5. The van der Waals surface area contributed by atoms with Crippen LogP contribution in [-0.2, 0) is 5.41 Å². The standard InChI is InChI=1S/C32H26Br2O4/c33-28-10-4-2-8-26(28)30(35)37-24-16-12-22(13-17-24)32(20-6-1-7-21-32)23-14-18-25(19-15-23)38-31(36)27-9-3-5-11-29(27)34/h2-5,8-19H,1,6-7,20-21H2. The molecule has 0 aromatic heterocycles. The molecule has 4 nitrogen and oxygen atoms in total. The third kappa shape index (κ3) is 5.62. The van der Waals surface area contributed by atoms with Gasteiger partial charge in [0.1, 0.15) is 11.5 Å². The van der Waals surface area contributed by atoms with Crippen molar-refractivity contribution in [2.24, 2.45) is 0 Å². The summed E-state index contributed by atoms with van der Waals surface area (Å²) < 4.78 is 12.7. The van der Waals surface area contributed by atoms with E-state index in [9.17, 15) is 9.59 Å². The molecule has 0 radical (unpaired) electrons. The number of benzene rings is 4. The van der Waals surface area contributed by atoms with Crippen LogP contribution in [0, 0.1) is 0 Å². The molecule has 38 heavy (non-hydrogen) atoms. The van der Waals surface area contributed by atoms with Crippen LogP contribution in [0.3, 0.4) is 0 Å². The lowest BCUT2D eigenvalue weighted by Crippen LogP contribution is -2.30. The summed E-state index contributed by atoms with van der Waals surface area (Å²) in [7, 11) is 0. The number of hydrogen-bond acceptors (Lipinski definition) is 4. The van der Waals surface area contributed by atoms with Crippen molar-refractivity contribution >= 4 is 43.8 Å². The highest BCUT2D eigenvalue weighted by molar-refractivity contribution is 9.10. The van der Waals surface area contributed by atoms with Crippen LogP contribution < -0.4 is 9.47 Å². The first-order valence-corrected chi connectivity index (χ1v) is 14.2. The Balaban J connectivity index is 1.35. The van der Waals surface area contributed by atoms with Gasteiger partial charge in [-0.05, 0) is 104 Å². The molecule has 0 heterocycles. The van der Waals surface area contributed by atoms with Gasteiger partial charge in [-0.25, -0.2) is 9.59 Å². The smallest absolute Gasteiger partial charge is 0.344 e. The van der Waals surface area contributed by atoms with Crippen LogP contribution in [-0.4, -0.2) is 11.9 Å². The van der Waals surface area contributed by atoms with E-state index in [4.69, 9.17) is 9.47 Å². The molecule has 0 unspecified atom stereocenters. The van der Waals surface area contributed by atoms with Gasteiger partial charge in [0.05, 0.1) is 11.1 Å². The average Bonchev–Trinajstić information content (AvgIpc) is 2.94. The van der Waals surface area contributed by atoms with Gasteiger partial charge in [0.2, 0.25) is 0 Å². The van der Waals surface area contributed by atoms with Gasteiger partial charge in [0, 0.05) is 14.4 Å². The summed E-state index contributed by atoms with van der Waals surface area (Å²) in [5.41, 5.74) is 3.21. The van der Waals surface area contributed by atoms with Gasteiger partial charge in [0.25, 0.3) is 0 Å². The van der Waals surface area contributed by atoms with Gasteiger partial charge < -0.3 is 9.47 Å². The van der Waals surface area contributed by atoms with Crippen LogP contribution in [0.1, 0.15) is 63.9 Å². The number of ether oxygens (including phenoxy) is 2. The number of hydrogen-bond donors (Lipinski definition) is 0. The van der Waals surface area contributed by atoms with Gasteiger partial charge in [-0.2, -0.15) is 0 Å². The highest BCUT2D eigenvalue weighted by Gasteiger charge is 2.35. The topological polar surface area (TPSA) is 52.6 Å². The second-order valence-corrected chi connectivity index (χ2v) is 11.1. The molecule has 0 bridgehead atoms. The van der Waals surface area contributed by atoms with Crippen LogP contribution in [0.4, 0.5) is 0 Å². The molecule has 0 aliphatic heterocycles. The van der Waals surface area contributed by atoms with Gasteiger partial charge >= 0.3 is 11.9 Å². The molecule has 192 valence electrons. The van der Waals surface area contributed by atoms with E-state index in [0.29, 0.717) is 31.6 Å². The number of rotatable bonds is 6. The first-order chi connectivity index (χ1) is 18.5. The number of esters is 2. The monoisotopic (exact) mass is 632 g/mol. The maximum absolute atomic E-state index is 12.6. The minimum atomic E-state index is -0.398. The molecule has 1 aliphatic rings. The fraction of sp³-hybridized carbons (Fsp3) is 0.188. The fourth-order valence-electron chi connectivity index (χ4n) is 5.16. The van der Waals surface area contributed by atoms with E-state index in [1.807, 2.05) is 60.7 Å². The van der Waals surface area contributed by atoms with Crippen LogP contribution in [0.2, 0.25) is 0 Å². The van der Waals surface area contributed by atoms with Crippen LogP contribution in [0.5, 0.6) is 11.5 Å². The zero-order valence-corrected chi connectivity index (χ0v) is 23.8. The van der Waals surface area contributed by atoms with E-state index in [2.05, 4.69) is 56.1 Å². The third-order valence-electron chi connectivity index (χ3n) is 7.13. The molecule has 1 saturated carbocycles. The predicted octanol–water partition coefficient (Wildman–Crippen LogP) is 8.90. The Morgan fingerprint density at radius 1 is 0.553 bits per heavy atom. The highest BCUT2D eigenvalue weighted by Crippen LogP contribution is 2.45. The van der Waals surface area contributed by atoms with Crippen molar-refractivity contribution in [2.45, 2.75) is 37.5 Å². The summed E-state index contributed by atoms with van der Waals surface area (Å²) in [6, 6.07) is 30.2. The fourth-order valence-corrected chi connectivity index (χ4v) is 6.05. The van der Waals surface area contributed by atoms with E-state index in [1.165, 1.54) is 17.5 Å². The quantitative estimate of drug-likeness (QED) is 0.157. The molecule has 4 aromatic rings. The largest absolute Gasteiger partial charge is 0.423 e. The molecular formula is C32H26Br2O4. The number of halogens is 2. The zero-order valence-electron chi connectivity index (χ0n) is 20.7. The van der Waals surface area contributed by atoms with E-state index in [-0.39, 0.29) is 5.41 Å². The minimum Gasteiger partial charge on any atom is -0.423 e. The summed E-state index contributed by atoms with van der Waals surface area (Å²) in [5.74, 6) is 0.222. The van der Waals surface area contributed by atoms with Crippen molar-refractivity contribution in [1.29, 1.82) is 0 Å². The molecule has 0 spiro atoms. The van der Waals surface area contributed by atoms with Crippen molar-refractivity contribution in [3.63, 3.8) is 0 Å². The van der Waals surface area contributed by atoms with Gasteiger partial charge in [0.15, 0.2) is 0 Å². The summed E-state index contributed by atoms with van der Waals surface area (Å²) >= 11 is 6.82. The summed E-state index contributed by atoms with van der Waals surface area (Å²) in [4.78, 5) is 25.3. The van der Waals surface area contributed by atoms with Crippen molar-refractivity contribution in [3.8, 4) is 11.5 Å². The summed E-state index contributed by atoms with van der Waals surface area (Å²) in [6.45, 7) is 0. The minimum absolute atomic E-state index is 0.145. The number of carbonyl (C=O) groups excluding carboxylic acids is 2. The van der Waals surface area contributed by atoms with Gasteiger partial charge in [-0.3, -0.25) is 0 Å². The molecule has 1 fully saturated rings. The molecule has 0 amide bonds. The summed E-state index contributed by atoms with van der Waals surface area (Å²) in [6.07, 6.45) is 5.54. The Labute approximate surface area is 239 Å². The lowest BCUT2D eigenvalue weighted by molar-refractivity contribution is 0.0724. The van der Waals surface area contributed by atoms with E-state index >= 15 is 0 Å². The lowest BCUT2D eigenvalue weighted by Gasteiger charge is -2.38. The zero-order chi connectivity index (χ0) is 26.5. The van der Waals surface area contributed by atoms with Crippen molar-refractivity contribution in [3.05, 3.63) is 128 Å². The van der Waals surface area contributed by atoms with Gasteiger partial charge in [-0.15, -0.1) is 0 Å². The predicted molar refractivity (Wildman–Crippen MR) is 155 cm³/mol. The van der Waals surface area contributed by atoms with Crippen molar-refractivity contribution in [1.82, 2.24) is 0 Å². The average molecular weight is 634 g/mol. The number of carbonyl (C=O) groups is 2. The molecule has 4 aromatic carbocycles. The summed E-state index contributed by atoms with van der Waals surface area (Å²) in [5, 5.41) is 0. The second-order valence-electron chi connectivity index (χ2n) is 9.43. The van der Waals surface area contributed by atoms with Crippen LogP contribution >= 0.6 is 31.9 Å². The molecule has 1 aliphatic carbocycles. The lowest BCUT2D eigenvalue weighted by atomic mass is 9.65. The SMILES string of the molecule is O=C(Oc1ccc(C2(c3ccc(OC(=O)c4ccccc4Br)cc3)CCCCC2)cc1)c1ccccc1Br. The Morgan fingerprint density at radius 2 is 0.947 bits per heavy atom.